The molecule has 0 atom stereocenters. The third-order valence-electron chi connectivity index (χ3n) is 2.38. The van der Waals surface area contributed by atoms with Gasteiger partial charge in [-0.25, -0.2) is 4.79 Å². The fourth-order valence-corrected chi connectivity index (χ4v) is 1.66. The molecule has 0 aromatic heterocycles. The predicted molar refractivity (Wildman–Crippen MR) is 67.7 cm³/mol. The summed E-state index contributed by atoms with van der Waals surface area (Å²) in [6.07, 6.45) is 0.654. The Bertz CT molecular complexity index is 443. The van der Waals surface area contributed by atoms with Gasteiger partial charge in [0, 0.05) is 11.4 Å². The normalized spacial score (nSPS) is 9.94. The molecule has 4 nitrogen and oxygen atoms in total. The standard InChI is InChI=1S/C13H15ClO4/c1-3-18-13(16)10-4-6-11(14)9(8-10)5-7-12(15)17-2/h4,6,8H,3,5,7H2,1-2H3. The van der Waals surface area contributed by atoms with Gasteiger partial charge in [0.2, 0.25) is 0 Å². The summed E-state index contributed by atoms with van der Waals surface area (Å²) >= 11 is 6.00. The Labute approximate surface area is 111 Å². The molecular formula is C13H15ClO4. The van der Waals surface area contributed by atoms with Crippen molar-refractivity contribution in [2.75, 3.05) is 13.7 Å². The first-order valence-corrected chi connectivity index (χ1v) is 5.98. The van der Waals surface area contributed by atoms with Gasteiger partial charge in [-0.1, -0.05) is 11.6 Å². The van der Waals surface area contributed by atoms with Gasteiger partial charge in [0.05, 0.1) is 19.3 Å². The second-order valence-electron chi connectivity index (χ2n) is 3.60. The molecule has 0 unspecified atom stereocenters. The highest BCUT2D eigenvalue weighted by molar-refractivity contribution is 6.31. The predicted octanol–water partition coefficient (Wildman–Crippen LogP) is 2.62. The number of halogens is 1. The number of carbonyl (C=O) groups is 2. The van der Waals surface area contributed by atoms with Crippen molar-refractivity contribution in [1.29, 1.82) is 0 Å². The van der Waals surface area contributed by atoms with E-state index in [1.807, 2.05) is 0 Å². The van der Waals surface area contributed by atoms with Crippen LogP contribution in [0.1, 0.15) is 29.3 Å². The van der Waals surface area contributed by atoms with Crippen LogP contribution in [0.5, 0.6) is 0 Å². The third-order valence-corrected chi connectivity index (χ3v) is 2.75. The lowest BCUT2D eigenvalue weighted by atomic mass is 10.1. The summed E-state index contributed by atoms with van der Waals surface area (Å²) in [5.41, 5.74) is 1.16. The van der Waals surface area contributed by atoms with Gasteiger partial charge >= 0.3 is 11.9 Å². The summed E-state index contributed by atoms with van der Waals surface area (Å²) in [5, 5.41) is 0.520. The molecule has 5 heteroatoms. The number of aryl methyl sites for hydroxylation is 1. The van der Waals surface area contributed by atoms with Gasteiger partial charge in [0.1, 0.15) is 0 Å². The fourth-order valence-electron chi connectivity index (χ4n) is 1.45. The fraction of sp³-hybridized carbons (Fsp3) is 0.385. The molecule has 0 saturated heterocycles. The summed E-state index contributed by atoms with van der Waals surface area (Å²) in [4.78, 5) is 22.6. The monoisotopic (exact) mass is 270 g/mol. The SMILES string of the molecule is CCOC(=O)c1ccc(Cl)c(CCC(=O)OC)c1. The number of carbonyl (C=O) groups excluding carboxylic acids is 2. The van der Waals surface area contributed by atoms with Crippen molar-refractivity contribution < 1.29 is 19.1 Å². The van der Waals surface area contributed by atoms with Gasteiger partial charge in [-0.05, 0) is 37.1 Å². The molecule has 0 aliphatic heterocycles. The summed E-state index contributed by atoms with van der Waals surface area (Å²) in [7, 11) is 1.33. The lowest BCUT2D eigenvalue weighted by Gasteiger charge is -2.07. The quantitative estimate of drug-likeness (QED) is 0.772. The van der Waals surface area contributed by atoms with Crippen molar-refractivity contribution in [1.82, 2.24) is 0 Å². The Morgan fingerprint density at radius 1 is 1.33 bits per heavy atom. The van der Waals surface area contributed by atoms with Crippen molar-refractivity contribution in [2.24, 2.45) is 0 Å². The topological polar surface area (TPSA) is 52.6 Å². The van der Waals surface area contributed by atoms with Gasteiger partial charge in [0.15, 0.2) is 0 Å². The average molecular weight is 271 g/mol. The molecule has 0 aliphatic rings. The molecule has 98 valence electrons. The summed E-state index contributed by atoms with van der Waals surface area (Å²) in [6.45, 7) is 2.06. The molecule has 1 rings (SSSR count). The van der Waals surface area contributed by atoms with E-state index in [2.05, 4.69) is 4.74 Å². The number of rotatable bonds is 5. The van der Waals surface area contributed by atoms with Crippen LogP contribution >= 0.6 is 11.6 Å². The van der Waals surface area contributed by atoms with Crippen molar-refractivity contribution in [3.05, 3.63) is 34.3 Å². The summed E-state index contributed by atoms with van der Waals surface area (Å²) in [5.74, 6) is -0.707. The van der Waals surface area contributed by atoms with Gasteiger partial charge in [0.25, 0.3) is 0 Å². The Morgan fingerprint density at radius 3 is 2.67 bits per heavy atom. The van der Waals surface area contributed by atoms with E-state index < -0.39 is 5.97 Å². The van der Waals surface area contributed by atoms with Crippen molar-refractivity contribution in [3.63, 3.8) is 0 Å². The Morgan fingerprint density at radius 2 is 2.06 bits per heavy atom. The van der Waals surface area contributed by atoms with Crippen molar-refractivity contribution in [3.8, 4) is 0 Å². The molecule has 0 saturated carbocycles. The average Bonchev–Trinajstić information content (AvgIpc) is 2.37. The Hall–Kier alpha value is -1.55. The number of esters is 2. The van der Waals surface area contributed by atoms with Gasteiger partial charge < -0.3 is 9.47 Å². The molecule has 0 amide bonds. The minimum atomic E-state index is -0.395. The molecule has 18 heavy (non-hydrogen) atoms. The molecule has 1 aromatic carbocycles. The zero-order chi connectivity index (χ0) is 13.5. The molecule has 0 fully saturated rings. The molecule has 0 spiro atoms. The largest absolute Gasteiger partial charge is 0.469 e. The second-order valence-corrected chi connectivity index (χ2v) is 4.01. The van der Waals surface area contributed by atoms with Crippen LogP contribution in [0.25, 0.3) is 0 Å². The first-order valence-electron chi connectivity index (χ1n) is 5.60. The summed E-state index contributed by atoms with van der Waals surface area (Å²) in [6, 6.07) is 4.87. The maximum Gasteiger partial charge on any atom is 0.338 e. The van der Waals surface area contributed by atoms with E-state index in [0.717, 1.165) is 5.56 Å². The highest BCUT2D eigenvalue weighted by Crippen LogP contribution is 2.20. The molecule has 1 aromatic rings. The Balaban J connectivity index is 2.81. The van der Waals surface area contributed by atoms with E-state index >= 15 is 0 Å². The van der Waals surface area contributed by atoms with Crippen LogP contribution in [0, 0.1) is 0 Å². The first kappa shape index (κ1) is 14.5. The smallest absolute Gasteiger partial charge is 0.338 e. The molecule has 0 radical (unpaired) electrons. The third kappa shape index (κ3) is 4.04. The molecular weight excluding hydrogens is 256 g/mol. The molecule has 0 bridgehead atoms. The minimum absolute atomic E-state index is 0.225. The van der Waals surface area contributed by atoms with Gasteiger partial charge in [-0.15, -0.1) is 0 Å². The number of hydrogen-bond donors (Lipinski definition) is 0. The highest BCUT2D eigenvalue weighted by Gasteiger charge is 2.11. The van der Waals surface area contributed by atoms with E-state index in [-0.39, 0.29) is 12.4 Å². The number of methoxy groups -OCH3 is 1. The van der Waals surface area contributed by atoms with E-state index in [1.54, 1.807) is 25.1 Å². The van der Waals surface area contributed by atoms with Crippen LogP contribution in [0.3, 0.4) is 0 Å². The van der Waals surface area contributed by atoms with E-state index in [1.165, 1.54) is 7.11 Å². The number of benzene rings is 1. The highest BCUT2D eigenvalue weighted by atomic mass is 35.5. The lowest BCUT2D eigenvalue weighted by Crippen LogP contribution is -2.06. The molecule has 0 aliphatic carbocycles. The van der Waals surface area contributed by atoms with Crippen molar-refractivity contribution in [2.45, 2.75) is 19.8 Å². The van der Waals surface area contributed by atoms with E-state index in [0.29, 0.717) is 23.6 Å². The van der Waals surface area contributed by atoms with Crippen LogP contribution in [0.4, 0.5) is 0 Å². The second kappa shape index (κ2) is 7.01. The van der Waals surface area contributed by atoms with Crippen molar-refractivity contribution >= 4 is 23.5 Å². The maximum atomic E-state index is 11.5. The van der Waals surface area contributed by atoms with E-state index in [9.17, 15) is 9.59 Å². The molecule has 0 heterocycles. The number of hydrogen-bond acceptors (Lipinski definition) is 4. The van der Waals surface area contributed by atoms with Crippen LogP contribution in [0.15, 0.2) is 18.2 Å². The lowest BCUT2D eigenvalue weighted by molar-refractivity contribution is -0.140. The van der Waals surface area contributed by atoms with Crippen LogP contribution in [-0.4, -0.2) is 25.7 Å². The minimum Gasteiger partial charge on any atom is -0.469 e. The first-order chi connectivity index (χ1) is 8.58. The maximum absolute atomic E-state index is 11.5. The van der Waals surface area contributed by atoms with Crippen LogP contribution in [0.2, 0.25) is 5.02 Å². The van der Waals surface area contributed by atoms with Gasteiger partial charge in [-0.3, -0.25) is 4.79 Å². The van der Waals surface area contributed by atoms with Crippen LogP contribution in [-0.2, 0) is 20.7 Å². The molecule has 0 N–H and O–H groups in total. The summed E-state index contributed by atoms with van der Waals surface area (Å²) < 4.78 is 9.45. The number of ether oxygens (including phenoxy) is 2. The van der Waals surface area contributed by atoms with Crippen LogP contribution < -0.4 is 0 Å². The zero-order valence-corrected chi connectivity index (χ0v) is 11.1. The van der Waals surface area contributed by atoms with E-state index in [4.69, 9.17) is 16.3 Å². The van der Waals surface area contributed by atoms with Gasteiger partial charge in [-0.2, -0.15) is 0 Å². The zero-order valence-electron chi connectivity index (χ0n) is 10.4. The Kier molecular flexibility index (Phi) is 5.65.